The average Bonchev–Trinajstić information content (AvgIpc) is 2.05. The largest absolute Gasteiger partial charge is 0.379 e. The van der Waals surface area contributed by atoms with Crippen molar-refractivity contribution in [3.63, 3.8) is 0 Å². The first-order valence-corrected chi connectivity index (χ1v) is 4.89. The van der Waals surface area contributed by atoms with E-state index < -0.39 is 0 Å². The highest BCUT2D eigenvalue weighted by molar-refractivity contribution is 7.80. The molecule has 0 aliphatic carbocycles. The van der Waals surface area contributed by atoms with Gasteiger partial charge in [-0.2, -0.15) is 12.6 Å². The van der Waals surface area contributed by atoms with Gasteiger partial charge in [0.1, 0.15) is 0 Å². The molecule has 0 aromatic heterocycles. The average molecular weight is 191 g/mol. The summed E-state index contributed by atoms with van der Waals surface area (Å²) in [6.07, 6.45) is 1.50. The van der Waals surface area contributed by atoms with Crippen LogP contribution in [0.4, 0.5) is 0 Å². The molecule has 0 aromatic carbocycles. The van der Waals surface area contributed by atoms with Crippen LogP contribution in [0.25, 0.3) is 0 Å². The molecule has 1 N–H and O–H groups in total. The molecule has 12 heavy (non-hydrogen) atoms. The summed E-state index contributed by atoms with van der Waals surface area (Å²) < 4.78 is 5.12. The Kier molecular flexibility index (Phi) is 8.71. The molecule has 0 saturated carbocycles. The maximum Gasteiger partial charge on any atom is 0.220 e. The van der Waals surface area contributed by atoms with Crippen LogP contribution >= 0.6 is 12.6 Å². The summed E-state index contributed by atoms with van der Waals surface area (Å²) in [6, 6.07) is 0. The molecule has 0 bridgehead atoms. The van der Waals surface area contributed by atoms with Crippen molar-refractivity contribution in [3.05, 3.63) is 0 Å². The summed E-state index contributed by atoms with van der Waals surface area (Å²) in [5.74, 6) is 0.829. The number of carbonyl (C=O) groups excluding carboxylic acids is 1. The molecule has 0 rings (SSSR count). The predicted molar refractivity (Wildman–Crippen MR) is 52.6 cm³/mol. The van der Waals surface area contributed by atoms with Gasteiger partial charge in [-0.3, -0.25) is 4.79 Å². The Morgan fingerprint density at radius 1 is 1.50 bits per heavy atom. The minimum Gasteiger partial charge on any atom is -0.379 e. The second kappa shape index (κ2) is 8.87. The van der Waals surface area contributed by atoms with Crippen molar-refractivity contribution in [1.29, 1.82) is 0 Å². The van der Waals surface area contributed by atoms with Gasteiger partial charge in [0.2, 0.25) is 5.91 Å². The smallest absolute Gasteiger partial charge is 0.220 e. The van der Waals surface area contributed by atoms with Crippen molar-refractivity contribution >= 4 is 18.5 Å². The number of thiol groups is 1. The number of amides is 1. The number of hydrogen-bond donors (Lipinski definition) is 2. The lowest BCUT2D eigenvalue weighted by atomic mass is 10.3. The molecule has 0 saturated heterocycles. The summed E-state index contributed by atoms with van der Waals surface area (Å²) in [5.41, 5.74) is 0. The fraction of sp³-hybridized carbons (Fsp3) is 0.875. The zero-order chi connectivity index (χ0) is 9.23. The van der Waals surface area contributed by atoms with Gasteiger partial charge in [-0.25, -0.2) is 0 Å². The third kappa shape index (κ3) is 7.88. The number of nitrogens with one attached hydrogen (secondary N) is 1. The number of ether oxygens (including phenoxy) is 1. The van der Waals surface area contributed by atoms with Crippen LogP contribution in [0.3, 0.4) is 0 Å². The third-order valence-electron chi connectivity index (χ3n) is 1.28. The van der Waals surface area contributed by atoms with Gasteiger partial charge in [0.05, 0.1) is 13.2 Å². The Bertz CT molecular complexity index is 120. The van der Waals surface area contributed by atoms with E-state index in [1.807, 2.05) is 6.92 Å². The normalized spacial score (nSPS) is 9.83. The van der Waals surface area contributed by atoms with Crippen LogP contribution < -0.4 is 5.32 Å². The second-order valence-electron chi connectivity index (χ2n) is 2.44. The molecule has 0 fully saturated rings. The Hall–Kier alpha value is -0.220. The van der Waals surface area contributed by atoms with Crippen LogP contribution in [0.5, 0.6) is 0 Å². The van der Waals surface area contributed by atoms with Crippen molar-refractivity contribution in [2.45, 2.75) is 19.8 Å². The Balaban J connectivity index is 3.03. The molecule has 0 aliphatic heterocycles. The Morgan fingerprint density at radius 3 is 2.83 bits per heavy atom. The van der Waals surface area contributed by atoms with E-state index in [2.05, 4.69) is 17.9 Å². The summed E-state index contributed by atoms with van der Waals surface area (Å²) in [5, 5.41) is 2.75. The van der Waals surface area contributed by atoms with Crippen LogP contribution in [-0.4, -0.2) is 31.4 Å². The first kappa shape index (κ1) is 11.8. The van der Waals surface area contributed by atoms with Crippen molar-refractivity contribution in [3.8, 4) is 0 Å². The molecule has 72 valence electrons. The molecule has 0 unspecified atom stereocenters. The highest BCUT2D eigenvalue weighted by Gasteiger charge is 1.96. The van der Waals surface area contributed by atoms with E-state index in [1.165, 1.54) is 0 Å². The molecule has 4 heteroatoms. The number of hydrogen-bond acceptors (Lipinski definition) is 3. The van der Waals surface area contributed by atoms with Crippen LogP contribution in [0, 0.1) is 0 Å². The zero-order valence-corrected chi connectivity index (χ0v) is 8.40. The molecule has 0 heterocycles. The molecule has 0 atom stereocenters. The van der Waals surface area contributed by atoms with Gasteiger partial charge >= 0.3 is 0 Å². The molecular formula is C8H17NO2S. The Morgan fingerprint density at radius 2 is 2.25 bits per heavy atom. The third-order valence-corrected chi connectivity index (χ3v) is 1.46. The quantitative estimate of drug-likeness (QED) is 0.462. The first-order chi connectivity index (χ1) is 5.81. The topological polar surface area (TPSA) is 38.3 Å². The van der Waals surface area contributed by atoms with E-state index in [9.17, 15) is 4.79 Å². The maximum absolute atomic E-state index is 10.9. The lowest BCUT2D eigenvalue weighted by Crippen LogP contribution is -2.26. The molecule has 1 amide bonds. The Labute approximate surface area is 79.3 Å². The molecule has 0 spiro atoms. The summed E-state index contributed by atoms with van der Waals surface area (Å²) >= 11 is 3.98. The molecular weight excluding hydrogens is 174 g/mol. The van der Waals surface area contributed by atoms with Gasteiger partial charge < -0.3 is 10.1 Å². The molecule has 0 aromatic rings. The van der Waals surface area contributed by atoms with E-state index in [-0.39, 0.29) is 5.91 Å². The molecule has 3 nitrogen and oxygen atoms in total. The fourth-order valence-corrected chi connectivity index (χ4v) is 0.874. The van der Waals surface area contributed by atoms with Gasteiger partial charge in [-0.05, 0) is 6.42 Å². The summed E-state index contributed by atoms with van der Waals surface area (Å²) in [6.45, 7) is 3.81. The lowest BCUT2D eigenvalue weighted by molar-refractivity contribution is -0.121. The van der Waals surface area contributed by atoms with E-state index in [1.54, 1.807) is 0 Å². The van der Waals surface area contributed by atoms with Gasteiger partial charge in [0.15, 0.2) is 0 Å². The zero-order valence-electron chi connectivity index (χ0n) is 7.51. The lowest BCUT2D eigenvalue weighted by Gasteiger charge is -2.04. The fourth-order valence-electron chi connectivity index (χ4n) is 0.745. The van der Waals surface area contributed by atoms with E-state index in [0.29, 0.717) is 26.2 Å². The standard InChI is InChI=1S/C8H17NO2S/c1-2-3-8(10)9-4-5-11-6-7-12/h12H,2-7H2,1H3,(H,9,10). The van der Waals surface area contributed by atoms with Gasteiger partial charge in [-0.1, -0.05) is 6.92 Å². The summed E-state index contributed by atoms with van der Waals surface area (Å²) in [7, 11) is 0. The molecule has 0 radical (unpaired) electrons. The van der Waals surface area contributed by atoms with Gasteiger partial charge in [-0.15, -0.1) is 0 Å². The number of rotatable bonds is 7. The van der Waals surface area contributed by atoms with Crippen molar-refractivity contribution in [1.82, 2.24) is 5.32 Å². The van der Waals surface area contributed by atoms with Crippen LogP contribution in [0.15, 0.2) is 0 Å². The van der Waals surface area contributed by atoms with Crippen LogP contribution in [0.1, 0.15) is 19.8 Å². The maximum atomic E-state index is 10.9. The predicted octanol–water partition coefficient (Wildman–Crippen LogP) is 0.849. The van der Waals surface area contributed by atoms with E-state index >= 15 is 0 Å². The van der Waals surface area contributed by atoms with Crippen LogP contribution in [-0.2, 0) is 9.53 Å². The highest BCUT2D eigenvalue weighted by Crippen LogP contribution is 1.84. The second-order valence-corrected chi connectivity index (χ2v) is 2.88. The molecule has 0 aliphatic rings. The highest BCUT2D eigenvalue weighted by atomic mass is 32.1. The SMILES string of the molecule is CCCC(=O)NCCOCCS. The summed E-state index contributed by atoms with van der Waals surface area (Å²) in [4.78, 5) is 10.9. The monoisotopic (exact) mass is 191 g/mol. The minimum atomic E-state index is 0.104. The first-order valence-electron chi connectivity index (χ1n) is 4.26. The van der Waals surface area contributed by atoms with Crippen LogP contribution in [0.2, 0.25) is 0 Å². The van der Waals surface area contributed by atoms with E-state index in [4.69, 9.17) is 4.74 Å². The van der Waals surface area contributed by atoms with Gasteiger partial charge in [0, 0.05) is 18.7 Å². The van der Waals surface area contributed by atoms with Crippen molar-refractivity contribution in [2.24, 2.45) is 0 Å². The number of carbonyl (C=O) groups is 1. The van der Waals surface area contributed by atoms with Crippen molar-refractivity contribution < 1.29 is 9.53 Å². The van der Waals surface area contributed by atoms with E-state index in [0.717, 1.165) is 12.2 Å². The van der Waals surface area contributed by atoms with Crippen molar-refractivity contribution in [2.75, 3.05) is 25.5 Å². The minimum absolute atomic E-state index is 0.104. The van der Waals surface area contributed by atoms with Gasteiger partial charge in [0.25, 0.3) is 0 Å².